The summed E-state index contributed by atoms with van der Waals surface area (Å²) in [4.78, 5) is -0.442. The zero-order valence-electron chi connectivity index (χ0n) is 10.3. The Morgan fingerprint density at radius 1 is 1.37 bits per heavy atom. The molecule has 2 N–H and O–H groups in total. The summed E-state index contributed by atoms with van der Waals surface area (Å²) in [6.07, 6.45) is -5.54. The Morgan fingerprint density at radius 3 is 2.42 bits per heavy atom. The van der Waals surface area contributed by atoms with Crippen LogP contribution >= 0.6 is 0 Å². The lowest BCUT2D eigenvalue weighted by Crippen LogP contribution is -2.31. The van der Waals surface area contributed by atoms with Gasteiger partial charge in [0.1, 0.15) is 0 Å². The number of aliphatic hydroxyl groups is 1. The fourth-order valence-corrected chi connectivity index (χ4v) is 2.91. The van der Waals surface area contributed by atoms with Gasteiger partial charge in [0.2, 0.25) is 10.0 Å². The summed E-state index contributed by atoms with van der Waals surface area (Å²) in [5, 5.41) is 9.01. The largest absolute Gasteiger partial charge is 0.416 e. The van der Waals surface area contributed by atoms with Crippen LogP contribution in [0.1, 0.15) is 18.1 Å². The van der Waals surface area contributed by atoms with Gasteiger partial charge in [0.15, 0.2) is 0 Å². The van der Waals surface area contributed by atoms with Gasteiger partial charge in [-0.25, -0.2) is 13.1 Å². The monoisotopic (exact) mass is 297 g/mol. The van der Waals surface area contributed by atoms with Gasteiger partial charge in [-0.3, -0.25) is 0 Å². The van der Waals surface area contributed by atoms with Crippen molar-refractivity contribution in [3.63, 3.8) is 0 Å². The molecule has 1 aromatic carbocycles. The molecule has 0 saturated carbocycles. The number of sulfonamides is 1. The average molecular weight is 297 g/mol. The molecule has 0 aromatic heterocycles. The molecular weight excluding hydrogens is 283 g/mol. The van der Waals surface area contributed by atoms with Crippen LogP contribution in [-0.2, 0) is 16.2 Å². The number of hydrogen-bond donors (Lipinski definition) is 2. The van der Waals surface area contributed by atoms with Crippen LogP contribution in [0.15, 0.2) is 23.1 Å². The summed E-state index contributed by atoms with van der Waals surface area (Å²) >= 11 is 0. The van der Waals surface area contributed by atoms with E-state index in [0.717, 1.165) is 25.1 Å². The summed E-state index contributed by atoms with van der Waals surface area (Å²) in [7, 11) is -4.08. The summed E-state index contributed by atoms with van der Waals surface area (Å²) < 4.78 is 63.8. The normalized spacial score (nSPS) is 14.4. The van der Waals surface area contributed by atoms with Gasteiger partial charge >= 0.3 is 6.18 Å². The highest BCUT2D eigenvalue weighted by atomic mass is 32.2. The number of aliphatic hydroxyl groups excluding tert-OH is 1. The lowest BCUT2D eigenvalue weighted by Gasteiger charge is -2.15. The van der Waals surface area contributed by atoms with Gasteiger partial charge in [-0.15, -0.1) is 0 Å². The van der Waals surface area contributed by atoms with E-state index in [1.54, 1.807) is 0 Å². The Labute approximate surface area is 109 Å². The Kier molecular flexibility index (Phi) is 4.59. The van der Waals surface area contributed by atoms with Crippen LogP contribution in [0.3, 0.4) is 0 Å². The summed E-state index contributed by atoms with van der Waals surface area (Å²) in [6.45, 7) is 2.19. The zero-order valence-corrected chi connectivity index (χ0v) is 11.1. The van der Waals surface area contributed by atoms with Crippen molar-refractivity contribution in [2.24, 2.45) is 0 Å². The van der Waals surface area contributed by atoms with Crippen molar-refractivity contribution in [1.82, 2.24) is 4.72 Å². The highest BCUT2D eigenvalue weighted by Crippen LogP contribution is 2.33. The SMILES string of the molecule is Cc1c(C(F)(F)F)cccc1S(=O)(=O)NCC(C)O. The maximum Gasteiger partial charge on any atom is 0.416 e. The summed E-state index contributed by atoms with van der Waals surface area (Å²) in [6, 6.07) is 2.95. The first-order chi connectivity index (χ1) is 8.55. The lowest BCUT2D eigenvalue weighted by molar-refractivity contribution is -0.138. The second-order valence-electron chi connectivity index (χ2n) is 4.13. The predicted molar refractivity (Wildman–Crippen MR) is 63.1 cm³/mol. The van der Waals surface area contributed by atoms with Crippen LogP contribution in [0.4, 0.5) is 13.2 Å². The second-order valence-corrected chi connectivity index (χ2v) is 5.86. The molecule has 0 fully saturated rings. The van der Waals surface area contributed by atoms with E-state index >= 15 is 0 Å². The molecule has 19 heavy (non-hydrogen) atoms. The van der Waals surface area contributed by atoms with Gasteiger partial charge in [0.05, 0.1) is 16.6 Å². The van der Waals surface area contributed by atoms with Crippen molar-refractivity contribution in [2.75, 3.05) is 6.54 Å². The molecule has 0 radical (unpaired) electrons. The van der Waals surface area contributed by atoms with Gasteiger partial charge in [-0.05, 0) is 31.5 Å². The van der Waals surface area contributed by atoms with Gasteiger partial charge in [-0.2, -0.15) is 13.2 Å². The topological polar surface area (TPSA) is 66.4 Å². The third-order valence-electron chi connectivity index (χ3n) is 2.45. The van der Waals surface area contributed by atoms with Crippen LogP contribution in [0.25, 0.3) is 0 Å². The Morgan fingerprint density at radius 2 is 1.95 bits per heavy atom. The second kappa shape index (κ2) is 5.48. The quantitative estimate of drug-likeness (QED) is 0.888. The van der Waals surface area contributed by atoms with Crippen molar-refractivity contribution >= 4 is 10.0 Å². The molecule has 0 bridgehead atoms. The molecule has 0 heterocycles. The van der Waals surface area contributed by atoms with Crippen molar-refractivity contribution < 1.29 is 26.7 Å². The van der Waals surface area contributed by atoms with Crippen molar-refractivity contribution in [3.8, 4) is 0 Å². The summed E-state index contributed by atoms with van der Waals surface area (Å²) in [5.41, 5.74) is -1.36. The molecule has 0 aliphatic heterocycles. The molecule has 0 spiro atoms. The standard InChI is InChI=1S/C11H14F3NO3S/c1-7(16)6-15-19(17,18)10-5-3-4-9(8(10)2)11(12,13)14/h3-5,7,15-16H,6H2,1-2H3. The van der Waals surface area contributed by atoms with E-state index in [-0.39, 0.29) is 12.1 Å². The van der Waals surface area contributed by atoms with Gasteiger partial charge < -0.3 is 5.11 Å². The highest BCUT2D eigenvalue weighted by Gasteiger charge is 2.34. The number of rotatable bonds is 4. The number of nitrogens with one attached hydrogen (secondary N) is 1. The van der Waals surface area contributed by atoms with Crippen LogP contribution in [-0.4, -0.2) is 26.2 Å². The molecule has 1 unspecified atom stereocenters. The number of halogens is 3. The van der Waals surface area contributed by atoms with Crippen LogP contribution in [0, 0.1) is 6.92 Å². The van der Waals surface area contributed by atoms with E-state index < -0.39 is 32.8 Å². The van der Waals surface area contributed by atoms with E-state index in [2.05, 4.69) is 0 Å². The molecule has 0 aliphatic rings. The molecule has 108 valence electrons. The fourth-order valence-electron chi connectivity index (χ4n) is 1.52. The first-order valence-corrected chi connectivity index (χ1v) is 6.88. The van der Waals surface area contributed by atoms with Gasteiger partial charge in [-0.1, -0.05) is 6.07 Å². The van der Waals surface area contributed by atoms with Crippen molar-refractivity contribution in [1.29, 1.82) is 0 Å². The molecule has 8 heteroatoms. The van der Waals surface area contributed by atoms with E-state index in [0.29, 0.717) is 0 Å². The number of benzene rings is 1. The highest BCUT2D eigenvalue weighted by molar-refractivity contribution is 7.89. The van der Waals surface area contributed by atoms with Crippen molar-refractivity contribution in [3.05, 3.63) is 29.3 Å². The van der Waals surface area contributed by atoms with Gasteiger partial charge in [0, 0.05) is 6.54 Å². The van der Waals surface area contributed by atoms with Crippen LogP contribution in [0.2, 0.25) is 0 Å². The molecule has 1 aromatic rings. The first kappa shape index (κ1) is 15.9. The van der Waals surface area contributed by atoms with E-state index in [9.17, 15) is 21.6 Å². The number of alkyl halides is 3. The summed E-state index contributed by atoms with van der Waals surface area (Å²) in [5.74, 6) is 0. The zero-order chi connectivity index (χ0) is 14.8. The third kappa shape index (κ3) is 3.92. The molecule has 0 amide bonds. The smallest absolute Gasteiger partial charge is 0.392 e. The first-order valence-electron chi connectivity index (χ1n) is 5.40. The lowest BCUT2D eigenvalue weighted by atomic mass is 10.1. The third-order valence-corrected chi connectivity index (χ3v) is 4.02. The maximum atomic E-state index is 12.7. The molecule has 4 nitrogen and oxygen atoms in total. The Hall–Kier alpha value is -1.12. The van der Waals surface area contributed by atoms with E-state index in [1.165, 1.54) is 6.92 Å². The average Bonchev–Trinajstić information content (AvgIpc) is 2.25. The van der Waals surface area contributed by atoms with E-state index in [1.807, 2.05) is 4.72 Å². The number of hydrogen-bond acceptors (Lipinski definition) is 3. The Bertz CT molecular complexity index is 553. The predicted octanol–water partition coefficient (Wildman–Crippen LogP) is 1.67. The minimum absolute atomic E-state index is 0.266. The molecule has 1 atom stereocenters. The molecular formula is C11H14F3NO3S. The minimum Gasteiger partial charge on any atom is -0.392 e. The molecule has 1 rings (SSSR count). The van der Waals surface area contributed by atoms with Crippen LogP contribution < -0.4 is 4.72 Å². The minimum atomic E-state index is -4.61. The molecule has 0 saturated heterocycles. The van der Waals surface area contributed by atoms with Gasteiger partial charge in [0.25, 0.3) is 0 Å². The fraction of sp³-hybridized carbons (Fsp3) is 0.455. The maximum absolute atomic E-state index is 12.7. The Balaban J connectivity index is 3.22. The molecule has 0 aliphatic carbocycles. The van der Waals surface area contributed by atoms with E-state index in [4.69, 9.17) is 5.11 Å². The van der Waals surface area contributed by atoms with Crippen LogP contribution in [0.5, 0.6) is 0 Å². The van der Waals surface area contributed by atoms with Crippen molar-refractivity contribution in [2.45, 2.75) is 31.0 Å².